The van der Waals surface area contributed by atoms with Gasteiger partial charge in [0.25, 0.3) is 0 Å². The monoisotopic (exact) mass is 326 g/mol. The van der Waals surface area contributed by atoms with Crippen molar-refractivity contribution >= 4 is 38.6 Å². The molecule has 25 heavy (non-hydrogen) atoms. The molecule has 0 amide bonds. The van der Waals surface area contributed by atoms with E-state index >= 15 is 0 Å². The Hall–Kier alpha value is -3.47. The fourth-order valence-electron chi connectivity index (χ4n) is 3.46. The second-order valence-electron chi connectivity index (χ2n) is 6.12. The number of nitrogens with zero attached hydrogens (tertiary/aromatic N) is 3. The number of nitrogens with one attached hydrogen (secondary N) is 1. The maximum Gasteiger partial charge on any atom is 0.215 e. The molecule has 0 aliphatic carbocycles. The van der Waals surface area contributed by atoms with Crippen LogP contribution >= 0.6 is 0 Å². The van der Waals surface area contributed by atoms with Gasteiger partial charge in [-0.25, -0.2) is 9.97 Å². The topological polar surface area (TPSA) is 63.6 Å². The van der Waals surface area contributed by atoms with Crippen LogP contribution in [0.5, 0.6) is 0 Å². The van der Waals surface area contributed by atoms with Crippen molar-refractivity contribution in [2.45, 2.75) is 0 Å². The summed E-state index contributed by atoms with van der Waals surface area (Å²) in [5.74, 6) is -0.101. The molecule has 0 aliphatic heterocycles. The highest BCUT2D eigenvalue weighted by molar-refractivity contribution is 6.21. The molecule has 0 radical (unpaired) electrons. The van der Waals surface area contributed by atoms with Crippen molar-refractivity contribution in [1.29, 1.82) is 0 Å². The number of H-pyrrole nitrogens is 1. The summed E-state index contributed by atoms with van der Waals surface area (Å²) in [6.45, 7) is 0. The van der Waals surface area contributed by atoms with E-state index in [-0.39, 0.29) is 5.78 Å². The van der Waals surface area contributed by atoms with E-state index in [1.54, 1.807) is 0 Å². The van der Waals surface area contributed by atoms with E-state index in [1.807, 2.05) is 66.3 Å². The van der Waals surface area contributed by atoms with Crippen LogP contribution in [0.2, 0.25) is 0 Å². The van der Waals surface area contributed by atoms with E-state index in [2.05, 4.69) is 15.0 Å². The number of aromatic amines is 1. The molecule has 0 aliphatic rings. The number of rotatable bonds is 2. The molecule has 120 valence electrons. The second kappa shape index (κ2) is 5.01. The number of aromatic nitrogens is 4. The predicted molar refractivity (Wildman–Crippen MR) is 97.7 cm³/mol. The number of carbonyl (C=O) groups excluding carboxylic acids is 1. The summed E-state index contributed by atoms with van der Waals surface area (Å²) in [6.07, 6.45) is 3.32. The molecule has 0 bridgehead atoms. The third-order valence-corrected chi connectivity index (χ3v) is 4.65. The molecule has 5 aromatic rings. The smallest absolute Gasteiger partial charge is 0.215 e. The highest BCUT2D eigenvalue weighted by atomic mass is 16.1. The van der Waals surface area contributed by atoms with Crippen molar-refractivity contribution in [3.8, 4) is 0 Å². The minimum absolute atomic E-state index is 0.101. The molecule has 3 aromatic heterocycles. The summed E-state index contributed by atoms with van der Waals surface area (Å²) in [4.78, 5) is 25.2. The molecule has 5 rings (SSSR count). The Bertz CT molecular complexity index is 1280. The number of para-hydroxylation sites is 2. The van der Waals surface area contributed by atoms with E-state index in [1.165, 1.54) is 6.33 Å². The number of aryl methyl sites for hydroxylation is 1. The zero-order valence-corrected chi connectivity index (χ0v) is 13.5. The quantitative estimate of drug-likeness (QED) is 0.501. The Labute approximate surface area is 142 Å². The number of fused-ring (bicyclic) bond motifs is 4. The van der Waals surface area contributed by atoms with Gasteiger partial charge in [0.1, 0.15) is 12.0 Å². The SMILES string of the molecule is Cn1cc(C(=O)c2ncnc3c2[nH]c2ccccc23)c2ccccc21. The van der Waals surface area contributed by atoms with Crippen molar-refractivity contribution in [1.82, 2.24) is 19.5 Å². The van der Waals surface area contributed by atoms with Gasteiger partial charge in [-0.3, -0.25) is 4.79 Å². The van der Waals surface area contributed by atoms with Crippen LogP contribution < -0.4 is 0 Å². The normalized spacial score (nSPS) is 11.6. The average molecular weight is 326 g/mol. The van der Waals surface area contributed by atoms with Crippen LogP contribution in [0.15, 0.2) is 61.1 Å². The van der Waals surface area contributed by atoms with Crippen LogP contribution in [0.3, 0.4) is 0 Å². The zero-order valence-electron chi connectivity index (χ0n) is 13.5. The number of benzene rings is 2. The number of ketones is 1. The average Bonchev–Trinajstić information content (AvgIpc) is 3.19. The molecule has 5 heteroatoms. The lowest BCUT2D eigenvalue weighted by Gasteiger charge is -2.00. The molecular formula is C20H14N4O. The van der Waals surface area contributed by atoms with Crippen molar-refractivity contribution in [2.75, 3.05) is 0 Å². The van der Waals surface area contributed by atoms with Gasteiger partial charge in [0, 0.05) is 40.6 Å². The maximum atomic E-state index is 13.2. The lowest BCUT2D eigenvalue weighted by Crippen LogP contribution is -2.05. The summed E-state index contributed by atoms with van der Waals surface area (Å²) in [5.41, 5.74) is 4.47. The van der Waals surface area contributed by atoms with Gasteiger partial charge in [-0.15, -0.1) is 0 Å². The van der Waals surface area contributed by atoms with Crippen molar-refractivity contribution < 1.29 is 4.79 Å². The Kier molecular flexibility index (Phi) is 2.79. The first-order chi connectivity index (χ1) is 12.2. The number of hydrogen-bond donors (Lipinski definition) is 1. The molecular weight excluding hydrogens is 312 g/mol. The molecule has 3 heterocycles. The van der Waals surface area contributed by atoms with E-state index < -0.39 is 0 Å². The van der Waals surface area contributed by atoms with Gasteiger partial charge in [0.15, 0.2) is 0 Å². The Morgan fingerprint density at radius 1 is 1.00 bits per heavy atom. The van der Waals surface area contributed by atoms with Gasteiger partial charge in [0.2, 0.25) is 5.78 Å². The van der Waals surface area contributed by atoms with E-state index in [9.17, 15) is 4.79 Å². The van der Waals surface area contributed by atoms with Crippen molar-refractivity contribution in [3.63, 3.8) is 0 Å². The van der Waals surface area contributed by atoms with Crippen molar-refractivity contribution in [2.24, 2.45) is 7.05 Å². The van der Waals surface area contributed by atoms with E-state index in [4.69, 9.17) is 0 Å². The molecule has 0 spiro atoms. The van der Waals surface area contributed by atoms with Gasteiger partial charge in [0.05, 0.1) is 11.0 Å². The van der Waals surface area contributed by atoms with Crippen LogP contribution in [0.1, 0.15) is 16.1 Å². The first-order valence-corrected chi connectivity index (χ1v) is 8.04. The van der Waals surface area contributed by atoms with Gasteiger partial charge in [-0.1, -0.05) is 36.4 Å². The lowest BCUT2D eigenvalue weighted by atomic mass is 10.1. The largest absolute Gasteiger partial charge is 0.351 e. The van der Waals surface area contributed by atoms with Gasteiger partial charge < -0.3 is 9.55 Å². The Morgan fingerprint density at radius 3 is 2.64 bits per heavy atom. The fraction of sp³-hybridized carbons (Fsp3) is 0.0500. The fourth-order valence-corrected chi connectivity index (χ4v) is 3.46. The maximum absolute atomic E-state index is 13.2. The summed E-state index contributed by atoms with van der Waals surface area (Å²) in [6, 6.07) is 15.8. The number of carbonyl (C=O) groups is 1. The highest BCUT2D eigenvalue weighted by Crippen LogP contribution is 2.28. The molecule has 1 N–H and O–H groups in total. The van der Waals surface area contributed by atoms with Gasteiger partial charge in [-0.2, -0.15) is 0 Å². The molecule has 0 saturated carbocycles. The molecule has 0 unspecified atom stereocenters. The van der Waals surface area contributed by atoms with E-state index in [0.29, 0.717) is 16.8 Å². The minimum Gasteiger partial charge on any atom is -0.351 e. The third kappa shape index (κ3) is 1.92. The van der Waals surface area contributed by atoms with Crippen LogP contribution in [0.4, 0.5) is 0 Å². The highest BCUT2D eigenvalue weighted by Gasteiger charge is 2.21. The second-order valence-corrected chi connectivity index (χ2v) is 6.12. The minimum atomic E-state index is -0.101. The van der Waals surface area contributed by atoms with Crippen LogP contribution in [-0.2, 0) is 7.05 Å². The lowest BCUT2D eigenvalue weighted by molar-refractivity contribution is 0.103. The summed E-state index contributed by atoms with van der Waals surface area (Å²) >= 11 is 0. The summed E-state index contributed by atoms with van der Waals surface area (Å²) in [5, 5.41) is 1.92. The van der Waals surface area contributed by atoms with E-state index in [0.717, 1.165) is 27.3 Å². The molecule has 0 saturated heterocycles. The van der Waals surface area contributed by atoms with Gasteiger partial charge >= 0.3 is 0 Å². The Morgan fingerprint density at radius 2 is 1.76 bits per heavy atom. The third-order valence-electron chi connectivity index (χ3n) is 4.65. The summed E-state index contributed by atoms with van der Waals surface area (Å²) in [7, 11) is 1.94. The zero-order chi connectivity index (χ0) is 17.0. The summed E-state index contributed by atoms with van der Waals surface area (Å²) < 4.78 is 1.96. The standard InChI is InChI=1S/C20H14N4O/c1-24-10-14(12-6-3-5-9-16(12)24)20(25)19-18-17(21-11-22-19)13-7-2-4-8-15(13)23-18/h2-11,23H,1H3. The Balaban J connectivity index is 1.79. The van der Waals surface area contributed by atoms with Crippen molar-refractivity contribution in [3.05, 3.63) is 72.3 Å². The predicted octanol–water partition coefficient (Wildman–Crippen LogP) is 3.83. The van der Waals surface area contributed by atoms with Crippen LogP contribution in [0.25, 0.3) is 32.8 Å². The first-order valence-electron chi connectivity index (χ1n) is 8.04. The molecule has 0 atom stereocenters. The van der Waals surface area contributed by atoms with Crippen LogP contribution in [-0.4, -0.2) is 25.3 Å². The van der Waals surface area contributed by atoms with Gasteiger partial charge in [-0.05, 0) is 12.1 Å². The first kappa shape index (κ1) is 13.9. The number of hydrogen-bond acceptors (Lipinski definition) is 3. The molecule has 2 aromatic carbocycles. The van der Waals surface area contributed by atoms with Crippen LogP contribution in [0, 0.1) is 0 Å². The molecule has 5 nitrogen and oxygen atoms in total. The molecule has 0 fully saturated rings.